The van der Waals surface area contributed by atoms with Crippen LogP contribution < -0.4 is 15.4 Å². The molecule has 0 amide bonds. The maximum absolute atomic E-state index is 5.63. The molecule has 4 aromatic rings. The number of ether oxygens (including phenoxy) is 1. The minimum atomic E-state index is 0.0835. The third-order valence-corrected chi connectivity index (χ3v) is 5.62. The van der Waals surface area contributed by atoms with Gasteiger partial charge in [-0.25, -0.2) is 9.67 Å². The highest BCUT2D eigenvalue weighted by atomic mass is 16.5. The largest absolute Gasteiger partial charge is 0.494 e. The second kappa shape index (κ2) is 8.90. The predicted molar refractivity (Wildman–Crippen MR) is 133 cm³/mol. The predicted octanol–water partition coefficient (Wildman–Crippen LogP) is 4.79. The van der Waals surface area contributed by atoms with Crippen molar-refractivity contribution in [3.63, 3.8) is 0 Å². The number of nitrogens with zero attached hydrogens (tertiary/aromatic N) is 5. The van der Waals surface area contributed by atoms with E-state index in [1.54, 1.807) is 13.4 Å². The Morgan fingerprint density at radius 3 is 2.68 bits per heavy atom. The number of imidazole rings is 1. The van der Waals surface area contributed by atoms with Gasteiger partial charge >= 0.3 is 0 Å². The Bertz CT molecular complexity index is 1370. The molecule has 34 heavy (non-hydrogen) atoms. The first kappa shape index (κ1) is 21.5. The van der Waals surface area contributed by atoms with E-state index in [1.165, 1.54) is 5.56 Å². The first-order valence-electron chi connectivity index (χ1n) is 11.1. The Labute approximate surface area is 198 Å². The summed E-state index contributed by atoms with van der Waals surface area (Å²) in [6, 6.07) is 16.3. The number of methoxy groups -OCH3 is 1. The van der Waals surface area contributed by atoms with Crippen LogP contribution in [-0.4, -0.2) is 31.4 Å². The summed E-state index contributed by atoms with van der Waals surface area (Å²) in [4.78, 5) is 9.14. The van der Waals surface area contributed by atoms with E-state index in [-0.39, 0.29) is 6.04 Å². The summed E-state index contributed by atoms with van der Waals surface area (Å²) >= 11 is 0. The van der Waals surface area contributed by atoms with Crippen LogP contribution in [0.4, 0.5) is 11.6 Å². The Morgan fingerprint density at radius 2 is 2.03 bits per heavy atom. The average molecular weight is 454 g/mol. The van der Waals surface area contributed by atoms with Gasteiger partial charge in [0.05, 0.1) is 37.4 Å². The van der Waals surface area contributed by atoms with Crippen LogP contribution in [0, 0.1) is 6.92 Å². The van der Waals surface area contributed by atoms with Gasteiger partial charge in [-0.05, 0) is 31.5 Å². The van der Waals surface area contributed by atoms with Crippen LogP contribution in [0.25, 0.3) is 11.3 Å². The highest BCUT2D eigenvalue weighted by molar-refractivity contribution is 5.73. The van der Waals surface area contributed by atoms with Crippen LogP contribution >= 0.6 is 0 Å². The summed E-state index contributed by atoms with van der Waals surface area (Å²) in [5, 5.41) is 11.4. The van der Waals surface area contributed by atoms with Gasteiger partial charge in [0.25, 0.3) is 0 Å². The molecule has 8 nitrogen and oxygen atoms in total. The molecule has 3 heterocycles. The van der Waals surface area contributed by atoms with E-state index in [0.717, 1.165) is 39.8 Å². The zero-order valence-corrected chi connectivity index (χ0v) is 19.5. The topological polar surface area (TPSA) is 81.8 Å². The van der Waals surface area contributed by atoms with E-state index in [0.29, 0.717) is 12.5 Å². The van der Waals surface area contributed by atoms with E-state index < -0.39 is 0 Å². The summed E-state index contributed by atoms with van der Waals surface area (Å²) < 4.78 is 9.47. The van der Waals surface area contributed by atoms with E-state index in [9.17, 15) is 0 Å². The lowest BCUT2D eigenvalue weighted by Crippen LogP contribution is -2.29. The monoisotopic (exact) mass is 453 g/mol. The first-order chi connectivity index (χ1) is 16.5. The van der Waals surface area contributed by atoms with Crippen molar-refractivity contribution in [2.45, 2.75) is 26.4 Å². The van der Waals surface area contributed by atoms with Gasteiger partial charge in [-0.2, -0.15) is 4.98 Å². The third kappa shape index (κ3) is 4.17. The van der Waals surface area contributed by atoms with Gasteiger partial charge in [0.1, 0.15) is 5.75 Å². The summed E-state index contributed by atoms with van der Waals surface area (Å²) in [6.45, 7) is 8.59. The van der Waals surface area contributed by atoms with Crippen LogP contribution in [0.1, 0.15) is 30.0 Å². The number of allylic oxidation sites excluding steroid dienone is 1. The molecule has 5 rings (SSSR count). The molecule has 0 bridgehead atoms. The van der Waals surface area contributed by atoms with Crippen LogP contribution in [0.2, 0.25) is 0 Å². The maximum atomic E-state index is 5.63. The van der Waals surface area contributed by atoms with Gasteiger partial charge in [-0.1, -0.05) is 42.5 Å². The Balaban J connectivity index is 1.44. The number of hydrogen-bond donors (Lipinski definition) is 2. The van der Waals surface area contributed by atoms with Crippen molar-refractivity contribution in [2.24, 2.45) is 0 Å². The standard InChI is InChI=1S/C26H27N7O/c1-17(2)14-33-25(21-13-27-24(21)19-8-6-5-7-9-19)30-26(31-33)29-20-10-11-22(23(12-20)34-4)32-15-18(3)28-16-32/h5-13,15-16,24,27H,1,14H2,2-4H3,(H,29,31). The molecule has 2 aromatic heterocycles. The van der Waals surface area contributed by atoms with Crippen LogP contribution in [0.15, 0.2) is 79.4 Å². The molecular weight excluding hydrogens is 426 g/mol. The van der Waals surface area contributed by atoms with Crippen molar-refractivity contribution in [3.05, 3.63) is 96.5 Å². The molecule has 0 saturated carbocycles. The summed E-state index contributed by atoms with van der Waals surface area (Å²) in [5.74, 6) is 2.05. The van der Waals surface area contributed by atoms with Crippen molar-refractivity contribution in [3.8, 4) is 11.4 Å². The molecule has 1 unspecified atom stereocenters. The lowest BCUT2D eigenvalue weighted by Gasteiger charge is -2.29. The summed E-state index contributed by atoms with van der Waals surface area (Å²) in [7, 11) is 1.66. The van der Waals surface area contributed by atoms with Gasteiger partial charge < -0.3 is 19.9 Å². The molecule has 1 atom stereocenters. The van der Waals surface area contributed by atoms with Crippen LogP contribution in [0.5, 0.6) is 5.75 Å². The molecule has 0 spiro atoms. The summed E-state index contributed by atoms with van der Waals surface area (Å²) in [6.07, 6.45) is 5.73. The zero-order valence-electron chi connectivity index (χ0n) is 19.5. The zero-order chi connectivity index (χ0) is 23.7. The van der Waals surface area contributed by atoms with E-state index in [2.05, 4.69) is 34.3 Å². The fourth-order valence-electron chi connectivity index (χ4n) is 3.99. The Kier molecular flexibility index (Phi) is 5.63. The van der Waals surface area contributed by atoms with Gasteiger partial charge in [0.2, 0.25) is 5.95 Å². The molecule has 0 radical (unpaired) electrons. The van der Waals surface area contributed by atoms with Gasteiger partial charge in [0.15, 0.2) is 5.82 Å². The molecule has 0 fully saturated rings. The van der Waals surface area contributed by atoms with Crippen molar-refractivity contribution in [1.82, 2.24) is 29.6 Å². The smallest absolute Gasteiger partial charge is 0.247 e. The quantitative estimate of drug-likeness (QED) is 0.374. The van der Waals surface area contributed by atoms with Crippen LogP contribution in [-0.2, 0) is 6.54 Å². The molecule has 0 aliphatic carbocycles. The van der Waals surface area contributed by atoms with E-state index >= 15 is 0 Å². The number of anilines is 2. The van der Waals surface area contributed by atoms with Crippen molar-refractivity contribution >= 4 is 17.2 Å². The van der Waals surface area contributed by atoms with Gasteiger partial charge in [0, 0.05) is 29.7 Å². The highest BCUT2D eigenvalue weighted by Gasteiger charge is 2.28. The second-order valence-corrected chi connectivity index (χ2v) is 8.42. The Morgan fingerprint density at radius 1 is 1.21 bits per heavy atom. The van der Waals surface area contributed by atoms with Crippen molar-refractivity contribution in [2.75, 3.05) is 12.4 Å². The number of hydrogen-bond acceptors (Lipinski definition) is 6. The molecule has 0 saturated heterocycles. The minimum Gasteiger partial charge on any atom is -0.494 e. The lowest BCUT2D eigenvalue weighted by atomic mass is 9.94. The molecule has 2 N–H and O–H groups in total. The molecular formula is C26H27N7O. The van der Waals surface area contributed by atoms with E-state index in [4.69, 9.17) is 14.8 Å². The van der Waals surface area contributed by atoms with Crippen molar-refractivity contribution in [1.29, 1.82) is 0 Å². The molecule has 2 aromatic carbocycles. The van der Waals surface area contributed by atoms with E-state index in [1.807, 2.05) is 71.9 Å². The molecule has 1 aliphatic heterocycles. The lowest BCUT2D eigenvalue weighted by molar-refractivity contribution is 0.413. The Hall–Kier alpha value is -4.33. The van der Waals surface area contributed by atoms with Gasteiger partial charge in [-0.15, -0.1) is 5.10 Å². The second-order valence-electron chi connectivity index (χ2n) is 8.42. The minimum absolute atomic E-state index is 0.0835. The fourth-order valence-corrected chi connectivity index (χ4v) is 3.99. The number of benzene rings is 2. The van der Waals surface area contributed by atoms with Crippen molar-refractivity contribution < 1.29 is 4.74 Å². The molecule has 8 heteroatoms. The highest BCUT2D eigenvalue weighted by Crippen LogP contribution is 2.36. The molecule has 172 valence electrons. The van der Waals surface area contributed by atoms with Gasteiger partial charge in [-0.3, -0.25) is 0 Å². The average Bonchev–Trinajstić information content (AvgIpc) is 3.39. The number of rotatable bonds is 8. The summed E-state index contributed by atoms with van der Waals surface area (Å²) in [5.41, 5.74) is 5.97. The molecule has 1 aliphatic rings. The normalized spacial score (nSPS) is 14.7. The third-order valence-electron chi connectivity index (χ3n) is 5.62. The van der Waals surface area contributed by atoms with Crippen LogP contribution in [0.3, 0.4) is 0 Å². The maximum Gasteiger partial charge on any atom is 0.247 e. The number of aryl methyl sites for hydroxylation is 1. The fraction of sp³-hybridized carbons (Fsp3) is 0.192. The SMILES string of the molecule is C=C(C)Cn1nc(Nc2ccc(-n3cnc(C)c3)c(OC)c2)nc1C1=CNC1c1ccccc1. The number of aromatic nitrogens is 5. The first-order valence-corrected chi connectivity index (χ1v) is 11.1. The number of nitrogens with one attached hydrogen (secondary N) is 2.